The topological polar surface area (TPSA) is 41.6 Å². The van der Waals surface area contributed by atoms with E-state index in [1.54, 1.807) is 0 Å². The van der Waals surface area contributed by atoms with Crippen LogP contribution in [0, 0.1) is 11.7 Å². The average Bonchev–Trinajstić information content (AvgIpc) is 3.30. The molecule has 124 valence electrons. The number of fused-ring (bicyclic) bond motifs is 1. The van der Waals surface area contributed by atoms with Gasteiger partial charge < -0.3 is 10.1 Å². The lowest BCUT2D eigenvalue weighted by molar-refractivity contribution is -0.0581. The third kappa shape index (κ3) is 3.23. The molecule has 4 rings (SSSR count). The third-order valence-electron chi connectivity index (χ3n) is 5.10. The first-order valence-electron chi connectivity index (χ1n) is 8.21. The van der Waals surface area contributed by atoms with Gasteiger partial charge in [0.15, 0.2) is 0 Å². The van der Waals surface area contributed by atoms with Gasteiger partial charge in [0.1, 0.15) is 5.82 Å². The summed E-state index contributed by atoms with van der Waals surface area (Å²) in [5.41, 5.74) is 0.198. The number of hydrogen-bond acceptors (Lipinski definition) is 3. The Hall–Kier alpha value is -1.17. The molecule has 3 atom stereocenters. The molecule has 3 aliphatic rings. The second-order valence-corrected chi connectivity index (χ2v) is 7.25. The van der Waals surface area contributed by atoms with Gasteiger partial charge >= 0.3 is 0 Å². The smallest absolute Gasteiger partial charge is 0.253 e. The summed E-state index contributed by atoms with van der Waals surface area (Å²) in [5, 5.41) is 3.27. The Morgan fingerprint density at radius 3 is 2.96 bits per heavy atom. The Labute approximate surface area is 139 Å². The molecule has 2 heterocycles. The van der Waals surface area contributed by atoms with E-state index in [1.807, 2.05) is 0 Å². The molecule has 6 heteroatoms. The van der Waals surface area contributed by atoms with Crippen molar-refractivity contribution in [2.24, 2.45) is 5.92 Å². The van der Waals surface area contributed by atoms with E-state index in [0.717, 1.165) is 32.0 Å². The van der Waals surface area contributed by atoms with Crippen molar-refractivity contribution in [3.05, 3.63) is 34.6 Å². The Kier molecular flexibility index (Phi) is 4.03. The summed E-state index contributed by atoms with van der Waals surface area (Å²) in [6, 6.07) is 4.29. The summed E-state index contributed by atoms with van der Waals surface area (Å²) in [6.07, 6.45) is 3.79. The number of hydrogen-bond donors (Lipinski definition) is 1. The highest BCUT2D eigenvalue weighted by Gasteiger charge is 2.42. The quantitative estimate of drug-likeness (QED) is 0.920. The Morgan fingerprint density at radius 1 is 1.35 bits per heavy atom. The fourth-order valence-corrected chi connectivity index (χ4v) is 3.90. The molecule has 23 heavy (non-hydrogen) atoms. The van der Waals surface area contributed by atoms with Gasteiger partial charge in [0.25, 0.3) is 5.91 Å². The van der Waals surface area contributed by atoms with Crippen molar-refractivity contribution in [3.8, 4) is 0 Å². The van der Waals surface area contributed by atoms with Gasteiger partial charge in [0.05, 0.1) is 23.3 Å². The zero-order valence-electron chi connectivity index (χ0n) is 12.8. The summed E-state index contributed by atoms with van der Waals surface area (Å²) >= 11 is 6.00. The third-order valence-corrected chi connectivity index (χ3v) is 5.43. The fraction of sp³-hybridized carbons (Fsp3) is 0.588. The molecule has 3 fully saturated rings. The van der Waals surface area contributed by atoms with Gasteiger partial charge in [-0.1, -0.05) is 11.6 Å². The maximum Gasteiger partial charge on any atom is 0.253 e. The summed E-state index contributed by atoms with van der Waals surface area (Å²) in [5.74, 6) is -0.0289. The normalized spacial score (nSPS) is 31.0. The monoisotopic (exact) mass is 338 g/mol. The zero-order valence-corrected chi connectivity index (χ0v) is 13.6. The number of morpholine rings is 1. The van der Waals surface area contributed by atoms with Crippen LogP contribution >= 0.6 is 11.6 Å². The maximum absolute atomic E-state index is 13.3. The molecule has 0 spiro atoms. The van der Waals surface area contributed by atoms with Crippen molar-refractivity contribution >= 4 is 17.5 Å². The number of benzene rings is 1. The van der Waals surface area contributed by atoms with E-state index in [-0.39, 0.29) is 22.5 Å². The van der Waals surface area contributed by atoms with Gasteiger partial charge in [-0.15, -0.1) is 0 Å². The number of nitrogens with zero attached hydrogens (tertiary/aromatic N) is 1. The number of carbonyl (C=O) groups is 1. The first-order valence-corrected chi connectivity index (χ1v) is 8.59. The highest BCUT2D eigenvalue weighted by atomic mass is 35.5. The molecular formula is C17H20ClFN2O2. The Morgan fingerprint density at radius 2 is 2.17 bits per heavy atom. The van der Waals surface area contributed by atoms with Crippen LogP contribution in [0.4, 0.5) is 4.39 Å². The minimum absolute atomic E-state index is 0.0633. The number of amides is 1. The first-order chi connectivity index (χ1) is 11.1. The molecule has 0 aromatic heterocycles. The van der Waals surface area contributed by atoms with Crippen molar-refractivity contribution in [1.82, 2.24) is 10.2 Å². The molecule has 0 unspecified atom stereocenters. The zero-order chi connectivity index (χ0) is 16.0. The van der Waals surface area contributed by atoms with Crippen molar-refractivity contribution in [1.29, 1.82) is 0 Å². The number of carbonyl (C=O) groups excluding carboxylic acids is 1. The van der Waals surface area contributed by atoms with Gasteiger partial charge in [-0.05, 0) is 43.4 Å². The SMILES string of the molecule is O=C(N[C@H]1C[C@H]2CO[C@@H](C3CC3)CN2C1)c1cc(F)ccc1Cl. The van der Waals surface area contributed by atoms with Crippen LogP contribution in [0.25, 0.3) is 0 Å². The molecule has 1 saturated carbocycles. The maximum atomic E-state index is 13.3. The van der Waals surface area contributed by atoms with Crippen LogP contribution in [-0.4, -0.2) is 48.7 Å². The molecular weight excluding hydrogens is 319 g/mol. The fourth-order valence-electron chi connectivity index (χ4n) is 3.69. The standard InChI is InChI=1S/C17H20ClFN2O2/c18-15-4-3-11(19)5-14(15)17(22)20-12-6-13-9-23-16(10-1-2-10)8-21(13)7-12/h3-5,10,12-13,16H,1-2,6-9H2,(H,20,22)/t12-,13-,16+/m0/s1. The molecule has 1 aromatic carbocycles. The van der Waals surface area contributed by atoms with Crippen LogP contribution in [0.1, 0.15) is 29.6 Å². The van der Waals surface area contributed by atoms with Gasteiger partial charge in [0.2, 0.25) is 0 Å². The predicted octanol–water partition coefficient (Wildman–Crippen LogP) is 2.46. The van der Waals surface area contributed by atoms with E-state index >= 15 is 0 Å². The second kappa shape index (κ2) is 6.04. The number of ether oxygens (including phenoxy) is 1. The van der Waals surface area contributed by atoms with Gasteiger partial charge in [-0.3, -0.25) is 9.69 Å². The van der Waals surface area contributed by atoms with E-state index in [9.17, 15) is 9.18 Å². The van der Waals surface area contributed by atoms with Crippen molar-refractivity contribution < 1.29 is 13.9 Å². The van der Waals surface area contributed by atoms with Crippen molar-refractivity contribution in [2.45, 2.75) is 37.5 Å². The molecule has 0 bridgehead atoms. The van der Waals surface area contributed by atoms with Crippen LogP contribution in [-0.2, 0) is 4.74 Å². The van der Waals surface area contributed by atoms with E-state index in [0.29, 0.717) is 12.1 Å². The summed E-state index contributed by atoms with van der Waals surface area (Å²) in [7, 11) is 0. The number of rotatable bonds is 3. The molecule has 1 aliphatic carbocycles. The summed E-state index contributed by atoms with van der Waals surface area (Å²) in [6.45, 7) is 2.53. The van der Waals surface area contributed by atoms with Crippen LogP contribution in [0.2, 0.25) is 5.02 Å². The molecule has 4 nitrogen and oxygen atoms in total. The predicted molar refractivity (Wildman–Crippen MR) is 85.1 cm³/mol. The highest BCUT2D eigenvalue weighted by molar-refractivity contribution is 6.33. The minimum Gasteiger partial charge on any atom is -0.375 e. The van der Waals surface area contributed by atoms with E-state index < -0.39 is 5.82 Å². The Balaban J connectivity index is 1.38. The average molecular weight is 339 g/mol. The minimum atomic E-state index is -0.455. The highest BCUT2D eigenvalue weighted by Crippen LogP contribution is 2.37. The number of halogens is 2. The molecule has 1 N–H and O–H groups in total. The summed E-state index contributed by atoms with van der Waals surface area (Å²) in [4.78, 5) is 14.8. The van der Waals surface area contributed by atoms with Crippen LogP contribution in [0.15, 0.2) is 18.2 Å². The molecule has 2 aliphatic heterocycles. The lowest BCUT2D eigenvalue weighted by atomic mass is 10.1. The van der Waals surface area contributed by atoms with Crippen LogP contribution in [0.3, 0.4) is 0 Å². The molecule has 2 saturated heterocycles. The summed E-state index contributed by atoms with van der Waals surface area (Å²) < 4.78 is 19.3. The Bertz CT molecular complexity index is 623. The second-order valence-electron chi connectivity index (χ2n) is 6.85. The van der Waals surface area contributed by atoms with Gasteiger partial charge in [-0.25, -0.2) is 4.39 Å². The van der Waals surface area contributed by atoms with E-state index in [1.165, 1.54) is 31.0 Å². The number of nitrogens with one attached hydrogen (secondary N) is 1. The lowest BCUT2D eigenvalue weighted by Crippen LogP contribution is -2.47. The van der Waals surface area contributed by atoms with Crippen LogP contribution in [0.5, 0.6) is 0 Å². The largest absolute Gasteiger partial charge is 0.375 e. The van der Waals surface area contributed by atoms with Crippen molar-refractivity contribution in [3.63, 3.8) is 0 Å². The van der Waals surface area contributed by atoms with E-state index in [4.69, 9.17) is 16.3 Å². The van der Waals surface area contributed by atoms with Crippen LogP contribution < -0.4 is 5.32 Å². The van der Waals surface area contributed by atoms with Gasteiger partial charge in [0, 0.05) is 25.2 Å². The molecule has 1 aromatic rings. The first kappa shape index (κ1) is 15.4. The van der Waals surface area contributed by atoms with Crippen molar-refractivity contribution in [2.75, 3.05) is 19.7 Å². The molecule has 1 amide bonds. The van der Waals surface area contributed by atoms with E-state index in [2.05, 4.69) is 10.2 Å². The molecule has 0 radical (unpaired) electrons. The lowest BCUT2D eigenvalue weighted by Gasteiger charge is -2.35. The van der Waals surface area contributed by atoms with Gasteiger partial charge in [-0.2, -0.15) is 0 Å².